The second kappa shape index (κ2) is 5.83. The van der Waals surface area contributed by atoms with E-state index in [1.54, 1.807) is 6.07 Å². The molecule has 0 unspecified atom stereocenters. The normalized spacial score (nSPS) is 24.3. The Bertz CT molecular complexity index is 466. The van der Waals surface area contributed by atoms with E-state index in [2.05, 4.69) is 20.4 Å². The first-order chi connectivity index (χ1) is 9.72. The molecule has 0 bridgehead atoms. The smallest absolute Gasteiger partial charge is 0.269 e. The number of nitrogens with zero attached hydrogens (tertiary/aromatic N) is 2. The fourth-order valence-electron chi connectivity index (χ4n) is 3.42. The quantitative estimate of drug-likeness (QED) is 0.766. The molecule has 1 amide bonds. The number of aromatic nitrogens is 2. The molecular weight excluding hydrogens is 254 g/mol. The van der Waals surface area contributed by atoms with Gasteiger partial charge in [0.05, 0.1) is 0 Å². The van der Waals surface area contributed by atoms with E-state index < -0.39 is 0 Å². The number of hydrogen-bond acceptors (Lipinski definition) is 4. The molecule has 2 heterocycles. The summed E-state index contributed by atoms with van der Waals surface area (Å²) in [5.41, 5.74) is 5.93. The molecule has 1 aliphatic carbocycles. The van der Waals surface area contributed by atoms with E-state index in [1.165, 1.54) is 38.6 Å². The van der Waals surface area contributed by atoms with Crippen LogP contribution in [0.25, 0.3) is 0 Å². The fourth-order valence-corrected chi connectivity index (χ4v) is 3.42. The number of amides is 1. The van der Waals surface area contributed by atoms with Crippen molar-refractivity contribution in [1.29, 1.82) is 0 Å². The van der Waals surface area contributed by atoms with Gasteiger partial charge in [-0.2, -0.15) is 5.10 Å². The molecule has 1 saturated carbocycles. The van der Waals surface area contributed by atoms with Gasteiger partial charge >= 0.3 is 0 Å². The summed E-state index contributed by atoms with van der Waals surface area (Å²) in [6, 6.07) is 2.36. The molecule has 20 heavy (non-hydrogen) atoms. The molecule has 110 valence electrons. The molecule has 0 spiro atoms. The first-order valence-electron chi connectivity index (χ1n) is 7.55. The predicted molar refractivity (Wildman–Crippen MR) is 77.3 cm³/mol. The Morgan fingerprint density at radius 3 is 2.95 bits per heavy atom. The third-order valence-corrected chi connectivity index (χ3v) is 4.55. The third-order valence-electron chi connectivity index (χ3n) is 4.55. The van der Waals surface area contributed by atoms with Gasteiger partial charge in [0, 0.05) is 25.2 Å². The molecule has 6 heteroatoms. The summed E-state index contributed by atoms with van der Waals surface area (Å²) < 4.78 is 0. The van der Waals surface area contributed by atoms with Gasteiger partial charge in [-0.1, -0.05) is 12.8 Å². The topological polar surface area (TPSA) is 87.0 Å². The van der Waals surface area contributed by atoms with Gasteiger partial charge in [0.1, 0.15) is 11.5 Å². The van der Waals surface area contributed by atoms with Crippen LogP contribution in [0.15, 0.2) is 6.07 Å². The Hall–Kier alpha value is -1.56. The van der Waals surface area contributed by atoms with Crippen molar-refractivity contribution in [3.63, 3.8) is 0 Å². The molecule has 1 aliphatic heterocycles. The van der Waals surface area contributed by atoms with Crippen LogP contribution in [0.3, 0.4) is 0 Å². The van der Waals surface area contributed by atoms with E-state index in [4.69, 9.17) is 5.73 Å². The molecular formula is C14H23N5O. The van der Waals surface area contributed by atoms with Gasteiger partial charge < -0.3 is 16.0 Å². The predicted octanol–water partition coefficient (Wildman–Crippen LogP) is 0.986. The van der Waals surface area contributed by atoms with Crippen LogP contribution in [0.1, 0.15) is 42.6 Å². The minimum atomic E-state index is -0.117. The van der Waals surface area contributed by atoms with E-state index in [1.807, 2.05) is 0 Å². The summed E-state index contributed by atoms with van der Waals surface area (Å²) in [5.74, 6) is 0.803. The highest BCUT2D eigenvalue weighted by molar-refractivity contribution is 5.92. The molecule has 1 aromatic heterocycles. The molecule has 3 rings (SSSR count). The van der Waals surface area contributed by atoms with Crippen molar-refractivity contribution in [2.75, 3.05) is 25.4 Å². The van der Waals surface area contributed by atoms with Gasteiger partial charge in [0.25, 0.3) is 5.91 Å². The van der Waals surface area contributed by atoms with Crippen molar-refractivity contribution < 1.29 is 4.79 Å². The number of likely N-dealkylation sites (tertiary alicyclic amines) is 1. The summed E-state index contributed by atoms with van der Waals surface area (Å²) in [4.78, 5) is 14.5. The number of carbonyl (C=O) groups excluding carboxylic acids is 1. The van der Waals surface area contributed by atoms with Gasteiger partial charge in [-0.3, -0.25) is 9.89 Å². The maximum Gasteiger partial charge on any atom is 0.269 e. The number of carbonyl (C=O) groups is 1. The number of nitrogen functional groups attached to an aromatic ring is 1. The van der Waals surface area contributed by atoms with E-state index in [9.17, 15) is 4.79 Å². The molecule has 0 radical (unpaired) electrons. The SMILES string of the molecule is Nc1cc(C(=O)NC[C@H]2CCN(C3CCCC3)C2)[nH]n1. The average molecular weight is 277 g/mol. The van der Waals surface area contributed by atoms with Crippen molar-refractivity contribution in [2.24, 2.45) is 5.92 Å². The first kappa shape index (κ1) is 13.4. The Morgan fingerprint density at radius 1 is 1.45 bits per heavy atom. The maximum absolute atomic E-state index is 11.9. The van der Waals surface area contributed by atoms with Crippen LogP contribution in [0.2, 0.25) is 0 Å². The van der Waals surface area contributed by atoms with Gasteiger partial charge in [-0.05, 0) is 31.7 Å². The van der Waals surface area contributed by atoms with Crippen LogP contribution >= 0.6 is 0 Å². The summed E-state index contributed by atoms with van der Waals surface area (Å²) >= 11 is 0. The van der Waals surface area contributed by atoms with E-state index in [0.29, 0.717) is 17.4 Å². The van der Waals surface area contributed by atoms with Crippen molar-refractivity contribution in [3.8, 4) is 0 Å². The van der Waals surface area contributed by atoms with Crippen LogP contribution in [0.4, 0.5) is 5.82 Å². The Morgan fingerprint density at radius 2 is 2.25 bits per heavy atom. The Kier molecular flexibility index (Phi) is 3.91. The second-order valence-corrected chi connectivity index (χ2v) is 6.00. The second-order valence-electron chi connectivity index (χ2n) is 6.00. The number of rotatable bonds is 4. The molecule has 4 N–H and O–H groups in total. The summed E-state index contributed by atoms with van der Waals surface area (Å²) in [6.07, 6.45) is 6.65. The summed E-state index contributed by atoms with van der Waals surface area (Å²) in [6.45, 7) is 3.04. The van der Waals surface area contributed by atoms with Crippen molar-refractivity contribution >= 4 is 11.7 Å². The number of nitrogens with one attached hydrogen (secondary N) is 2. The lowest BCUT2D eigenvalue weighted by Gasteiger charge is -2.23. The fraction of sp³-hybridized carbons (Fsp3) is 0.714. The number of hydrogen-bond donors (Lipinski definition) is 3. The number of nitrogens with two attached hydrogens (primary N) is 1. The van der Waals surface area contributed by atoms with Gasteiger partial charge in [0.2, 0.25) is 0 Å². The van der Waals surface area contributed by atoms with Gasteiger partial charge in [-0.25, -0.2) is 0 Å². The summed E-state index contributed by atoms with van der Waals surface area (Å²) in [5, 5.41) is 9.38. The van der Waals surface area contributed by atoms with Crippen LogP contribution in [-0.2, 0) is 0 Å². The standard InChI is InChI=1S/C14H23N5O/c15-13-7-12(17-18-13)14(20)16-8-10-5-6-19(9-10)11-3-1-2-4-11/h7,10-11H,1-6,8-9H2,(H,16,20)(H3,15,17,18)/t10-/m1/s1. The third kappa shape index (κ3) is 2.95. The lowest BCUT2D eigenvalue weighted by atomic mass is 10.1. The highest BCUT2D eigenvalue weighted by Crippen LogP contribution is 2.28. The lowest BCUT2D eigenvalue weighted by Crippen LogP contribution is -2.34. The van der Waals surface area contributed by atoms with Gasteiger partial charge in [0.15, 0.2) is 0 Å². The van der Waals surface area contributed by atoms with E-state index in [0.717, 1.165) is 19.1 Å². The highest BCUT2D eigenvalue weighted by Gasteiger charge is 2.29. The van der Waals surface area contributed by atoms with Crippen LogP contribution in [-0.4, -0.2) is 46.7 Å². The Balaban J connectivity index is 1.44. The van der Waals surface area contributed by atoms with Crippen molar-refractivity contribution in [1.82, 2.24) is 20.4 Å². The zero-order chi connectivity index (χ0) is 13.9. The first-order valence-corrected chi connectivity index (χ1v) is 7.55. The highest BCUT2D eigenvalue weighted by atomic mass is 16.1. The molecule has 1 aromatic rings. The lowest BCUT2D eigenvalue weighted by molar-refractivity contribution is 0.0942. The monoisotopic (exact) mass is 277 g/mol. The van der Waals surface area contributed by atoms with Gasteiger partial charge in [-0.15, -0.1) is 0 Å². The molecule has 0 aromatic carbocycles. The van der Waals surface area contributed by atoms with Crippen LogP contribution in [0, 0.1) is 5.92 Å². The molecule has 1 saturated heterocycles. The van der Waals surface area contributed by atoms with Crippen LogP contribution in [0.5, 0.6) is 0 Å². The zero-order valence-corrected chi connectivity index (χ0v) is 11.8. The Labute approximate surface area is 119 Å². The number of aromatic amines is 1. The maximum atomic E-state index is 11.9. The molecule has 2 aliphatic rings. The zero-order valence-electron chi connectivity index (χ0n) is 11.8. The van der Waals surface area contributed by atoms with Crippen molar-refractivity contribution in [3.05, 3.63) is 11.8 Å². The molecule has 6 nitrogen and oxygen atoms in total. The number of H-pyrrole nitrogens is 1. The largest absolute Gasteiger partial charge is 0.382 e. The van der Waals surface area contributed by atoms with E-state index >= 15 is 0 Å². The minimum Gasteiger partial charge on any atom is -0.382 e. The number of anilines is 1. The molecule has 1 atom stereocenters. The minimum absolute atomic E-state index is 0.117. The van der Waals surface area contributed by atoms with Crippen molar-refractivity contribution in [2.45, 2.75) is 38.1 Å². The summed E-state index contributed by atoms with van der Waals surface area (Å²) in [7, 11) is 0. The molecule has 2 fully saturated rings. The average Bonchev–Trinajstić information content (AvgIpc) is 3.16. The van der Waals surface area contributed by atoms with Crippen LogP contribution < -0.4 is 11.1 Å². The van der Waals surface area contributed by atoms with E-state index in [-0.39, 0.29) is 5.91 Å².